The van der Waals surface area contributed by atoms with Crippen LogP contribution < -0.4 is 5.32 Å². The number of nitrogens with one attached hydrogen (secondary N) is 1. The number of ether oxygens (including phenoxy) is 2. The minimum atomic E-state index is -1.55. The summed E-state index contributed by atoms with van der Waals surface area (Å²) in [6.07, 6.45) is 19.6. The Hall–Kier alpha value is -0.810. The van der Waals surface area contributed by atoms with E-state index in [4.69, 9.17) is 9.47 Å². The minimum Gasteiger partial charge on any atom is -0.394 e. The molecule has 0 saturated carbocycles. The summed E-state index contributed by atoms with van der Waals surface area (Å²) in [5.41, 5.74) is 0. The van der Waals surface area contributed by atoms with Gasteiger partial charge in [-0.15, -0.1) is 0 Å². The van der Waals surface area contributed by atoms with Crippen molar-refractivity contribution in [3.8, 4) is 0 Å². The van der Waals surface area contributed by atoms with E-state index in [1.54, 1.807) is 0 Å². The molecule has 0 radical (unpaired) electrons. The van der Waals surface area contributed by atoms with Gasteiger partial charge in [-0.1, -0.05) is 149 Å². The maximum absolute atomic E-state index is 12.8. The summed E-state index contributed by atoms with van der Waals surface area (Å²) >= 11 is 0. The SMILES string of the molecule is CCCCCCCCCCCCCC(=O)N[C@H](CO[C@H]1O[C@@H](CO)[C@H](O)[C@H](O)[C@@H]1O)[C@H](O)CCCCCCCCCCCCC. The van der Waals surface area contributed by atoms with Crippen molar-refractivity contribution in [1.29, 1.82) is 0 Å². The molecule has 0 unspecified atom stereocenters. The highest BCUT2D eigenvalue weighted by Crippen LogP contribution is 2.23. The van der Waals surface area contributed by atoms with Crippen LogP contribution in [0.4, 0.5) is 0 Å². The van der Waals surface area contributed by atoms with Crippen LogP contribution in [-0.2, 0) is 14.3 Å². The molecule has 45 heavy (non-hydrogen) atoms. The van der Waals surface area contributed by atoms with Gasteiger partial charge in [0.05, 0.1) is 25.4 Å². The Morgan fingerprint density at radius 3 is 1.58 bits per heavy atom. The molecule has 1 saturated heterocycles. The second kappa shape index (κ2) is 28.2. The molecule has 1 rings (SSSR count). The standard InChI is InChI=1S/C36H71NO8/c1-3-5-7-9-11-13-15-17-19-21-23-25-30(39)29(28-44-36-35(43)34(42)33(41)31(27-38)45-36)37-32(40)26-24-22-20-18-16-14-12-10-8-6-4-2/h29-31,33-36,38-39,41-43H,3-28H2,1-2H3,(H,37,40)/t29-,30-,31+,33+,34+,35+,36+/m1/s1. The normalized spacial score (nSPS) is 23.2. The molecular weight excluding hydrogens is 574 g/mol. The number of unbranched alkanes of at least 4 members (excludes halogenated alkanes) is 20. The van der Waals surface area contributed by atoms with Gasteiger partial charge in [-0.2, -0.15) is 0 Å². The fourth-order valence-corrected chi connectivity index (χ4v) is 6.10. The predicted molar refractivity (Wildman–Crippen MR) is 180 cm³/mol. The third kappa shape index (κ3) is 20.2. The third-order valence-corrected chi connectivity index (χ3v) is 9.21. The lowest BCUT2D eigenvalue weighted by Gasteiger charge is -2.40. The molecule has 0 aromatic carbocycles. The topological polar surface area (TPSA) is 149 Å². The number of aliphatic hydroxyl groups excluding tert-OH is 5. The summed E-state index contributed by atoms with van der Waals surface area (Å²) in [6.45, 7) is 3.79. The van der Waals surface area contributed by atoms with Crippen LogP contribution in [0, 0.1) is 0 Å². The van der Waals surface area contributed by atoms with Gasteiger partial charge in [-0.3, -0.25) is 4.79 Å². The first-order chi connectivity index (χ1) is 21.8. The molecule has 0 aliphatic carbocycles. The lowest BCUT2D eigenvalue weighted by Crippen LogP contribution is -2.60. The molecule has 0 bridgehead atoms. The average molecular weight is 646 g/mol. The number of aliphatic hydroxyl groups is 5. The van der Waals surface area contributed by atoms with Crippen molar-refractivity contribution < 1.29 is 39.8 Å². The van der Waals surface area contributed by atoms with Crippen LogP contribution in [0.3, 0.4) is 0 Å². The number of hydrogen-bond donors (Lipinski definition) is 6. The van der Waals surface area contributed by atoms with E-state index >= 15 is 0 Å². The van der Waals surface area contributed by atoms with Gasteiger partial charge in [0.25, 0.3) is 0 Å². The Kier molecular flexibility index (Phi) is 26.5. The van der Waals surface area contributed by atoms with Crippen LogP contribution in [0.2, 0.25) is 0 Å². The van der Waals surface area contributed by atoms with E-state index < -0.39 is 49.5 Å². The molecule has 9 heteroatoms. The fraction of sp³-hybridized carbons (Fsp3) is 0.972. The Balaban J connectivity index is 2.44. The maximum atomic E-state index is 12.8. The van der Waals surface area contributed by atoms with Gasteiger partial charge in [-0.05, 0) is 12.8 Å². The number of hydrogen-bond acceptors (Lipinski definition) is 8. The zero-order valence-electron chi connectivity index (χ0n) is 28.9. The lowest BCUT2D eigenvalue weighted by molar-refractivity contribution is -0.302. The van der Waals surface area contributed by atoms with Crippen molar-refractivity contribution in [2.45, 2.75) is 211 Å². The molecule has 0 aromatic rings. The number of carbonyl (C=O) groups excluding carboxylic acids is 1. The third-order valence-electron chi connectivity index (χ3n) is 9.21. The summed E-state index contributed by atoms with van der Waals surface area (Å²) in [5, 5.41) is 53.9. The lowest BCUT2D eigenvalue weighted by atomic mass is 9.99. The van der Waals surface area contributed by atoms with Crippen molar-refractivity contribution in [1.82, 2.24) is 5.32 Å². The van der Waals surface area contributed by atoms with Crippen LogP contribution in [-0.4, -0.2) is 87.5 Å². The molecule has 1 heterocycles. The largest absolute Gasteiger partial charge is 0.394 e. The van der Waals surface area contributed by atoms with Crippen molar-refractivity contribution in [3.05, 3.63) is 0 Å². The fourth-order valence-electron chi connectivity index (χ4n) is 6.10. The average Bonchev–Trinajstić information content (AvgIpc) is 3.04. The monoisotopic (exact) mass is 646 g/mol. The quantitative estimate of drug-likeness (QED) is 0.0517. The molecule has 1 aliphatic heterocycles. The molecule has 0 spiro atoms. The Morgan fingerprint density at radius 2 is 1.11 bits per heavy atom. The number of amides is 1. The van der Waals surface area contributed by atoms with E-state index in [0.29, 0.717) is 12.8 Å². The van der Waals surface area contributed by atoms with Gasteiger partial charge in [0.2, 0.25) is 5.91 Å². The smallest absolute Gasteiger partial charge is 0.220 e. The summed E-state index contributed by atoms with van der Waals surface area (Å²) < 4.78 is 11.2. The minimum absolute atomic E-state index is 0.133. The zero-order valence-corrected chi connectivity index (χ0v) is 28.9. The van der Waals surface area contributed by atoms with Gasteiger partial charge >= 0.3 is 0 Å². The van der Waals surface area contributed by atoms with Crippen molar-refractivity contribution in [2.75, 3.05) is 13.2 Å². The van der Waals surface area contributed by atoms with E-state index in [2.05, 4.69) is 19.2 Å². The van der Waals surface area contributed by atoms with Crippen LogP contribution in [0.15, 0.2) is 0 Å². The second-order valence-electron chi connectivity index (χ2n) is 13.4. The van der Waals surface area contributed by atoms with E-state index in [9.17, 15) is 30.3 Å². The molecule has 1 aliphatic rings. The Labute approximate surface area is 274 Å². The van der Waals surface area contributed by atoms with Gasteiger partial charge in [-0.25, -0.2) is 0 Å². The van der Waals surface area contributed by atoms with E-state index in [1.807, 2.05) is 0 Å². The molecule has 9 nitrogen and oxygen atoms in total. The molecule has 1 fully saturated rings. The molecule has 268 valence electrons. The first-order valence-electron chi connectivity index (χ1n) is 18.7. The van der Waals surface area contributed by atoms with Gasteiger partial charge < -0.3 is 40.3 Å². The highest BCUT2D eigenvalue weighted by atomic mass is 16.7. The van der Waals surface area contributed by atoms with Crippen LogP contribution >= 0.6 is 0 Å². The van der Waals surface area contributed by atoms with Gasteiger partial charge in [0.15, 0.2) is 6.29 Å². The maximum Gasteiger partial charge on any atom is 0.220 e. The number of carbonyl (C=O) groups is 1. The van der Waals surface area contributed by atoms with Crippen molar-refractivity contribution in [3.63, 3.8) is 0 Å². The molecule has 1 amide bonds. The molecule has 6 N–H and O–H groups in total. The van der Waals surface area contributed by atoms with Crippen LogP contribution in [0.25, 0.3) is 0 Å². The summed E-state index contributed by atoms with van der Waals surface area (Å²) in [7, 11) is 0. The summed E-state index contributed by atoms with van der Waals surface area (Å²) in [5.74, 6) is -0.147. The van der Waals surface area contributed by atoms with Crippen molar-refractivity contribution in [2.24, 2.45) is 0 Å². The summed E-state index contributed by atoms with van der Waals surface area (Å²) in [6, 6.07) is -0.708. The van der Waals surface area contributed by atoms with E-state index in [-0.39, 0.29) is 12.5 Å². The number of rotatable bonds is 30. The zero-order chi connectivity index (χ0) is 33.1. The second-order valence-corrected chi connectivity index (χ2v) is 13.4. The van der Waals surface area contributed by atoms with Crippen LogP contribution in [0.1, 0.15) is 168 Å². The molecule has 0 aromatic heterocycles. The van der Waals surface area contributed by atoms with Crippen molar-refractivity contribution >= 4 is 5.91 Å². The highest BCUT2D eigenvalue weighted by molar-refractivity contribution is 5.76. The van der Waals surface area contributed by atoms with Gasteiger partial charge in [0.1, 0.15) is 24.4 Å². The highest BCUT2D eigenvalue weighted by Gasteiger charge is 2.44. The predicted octanol–water partition coefficient (Wildman–Crippen LogP) is 6.05. The summed E-state index contributed by atoms with van der Waals surface area (Å²) in [4.78, 5) is 12.8. The first-order valence-corrected chi connectivity index (χ1v) is 18.7. The van der Waals surface area contributed by atoms with Crippen LogP contribution in [0.5, 0.6) is 0 Å². The first kappa shape index (κ1) is 42.2. The van der Waals surface area contributed by atoms with E-state index in [1.165, 1.54) is 103 Å². The Morgan fingerprint density at radius 1 is 0.667 bits per heavy atom. The Bertz CT molecular complexity index is 681. The molecular formula is C36H71NO8. The van der Waals surface area contributed by atoms with Gasteiger partial charge in [0, 0.05) is 6.42 Å². The molecule has 7 atom stereocenters. The van der Waals surface area contributed by atoms with E-state index in [0.717, 1.165) is 38.5 Å².